The Balaban J connectivity index is 3.15. The SMILES string of the molecule is CCC(C)(C(NC)c1cccc(OC(F)(F)F)c1)N(C)C. The highest BCUT2D eigenvalue weighted by atomic mass is 19.4. The highest BCUT2D eigenvalue weighted by Gasteiger charge is 2.36. The fourth-order valence-corrected chi connectivity index (χ4v) is 2.51. The van der Waals surface area contributed by atoms with Gasteiger partial charge in [-0.3, -0.25) is 0 Å². The number of benzene rings is 1. The topological polar surface area (TPSA) is 24.5 Å². The van der Waals surface area contributed by atoms with E-state index < -0.39 is 6.36 Å². The summed E-state index contributed by atoms with van der Waals surface area (Å²) < 4.78 is 41.0. The second kappa shape index (κ2) is 6.66. The number of ether oxygens (including phenoxy) is 1. The van der Waals surface area contributed by atoms with Crippen LogP contribution in [0.4, 0.5) is 13.2 Å². The van der Waals surface area contributed by atoms with E-state index in [1.165, 1.54) is 12.1 Å². The van der Waals surface area contributed by atoms with Crippen molar-refractivity contribution < 1.29 is 17.9 Å². The molecule has 1 rings (SSSR count). The van der Waals surface area contributed by atoms with Gasteiger partial charge in [0.2, 0.25) is 0 Å². The molecule has 0 radical (unpaired) electrons. The molecular formula is C15H23F3N2O. The average Bonchev–Trinajstić information content (AvgIpc) is 2.37. The van der Waals surface area contributed by atoms with Gasteiger partial charge < -0.3 is 15.0 Å². The maximum absolute atomic E-state index is 12.3. The summed E-state index contributed by atoms with van der Waals surface area (Å²) in [5.41, 5.74) is 0.531. The molecule has 0 aliphatic carbocycles. The predicted molar refractivity (Wildman–Crippen MR) is 77.3 cm³/mol. The van der Waals surface area contributed by atoms with Crippen LogP contribution >= 0.6 is 0 Å². The van der Waals surface area contributed by atoms with Gasteiger partial charge in [0.15, 0.2) is 0 Å². The molecule has 21 heavy (non-hydrogen) atoms. The second-order valence-electron chi connectivity index (χ2n) is 5.45. The Bertz CT molecular complexity index is 462. The third-order valence-electron chi connectivity index (χ3n) is 4.07. The van der Waals surface area contributed by atoms with E-state index in [1.807, 2.05) is 20.2 Å². The third-order valence-corrected chi connectivity index (χ3v) is 4.07. The first kappa shape index (κ1) is 17.8. The molecule has 0 aliphatic rings. The van der Waals surface area contributed by atoms with Gasteiger partial charge >= 0.3 is 6.36 Å². The molecule has 3 nitrogen and oxygen atoms in total. The van der Waals surface area contributed by atoms with Crippen LogP contribution in [0.1, 0.15) is 31.9 Å². The average molecular weight is 304 g/mol. The van der Waals surface area contributed by atoms with Gasteiger partial charge in [0.1, 0.15) is 5.75 Å². The summed E-state index contributed by atoms with van der Waals surface area (Å²) in [7, 11) is 5.73. The number of hydrogen-bond acceptors (Lipinski definition) is 3. The minimum atomic E-state index is -4.68. The van der Waals surface area contributed by atoms with E-state index in [0.29, 0.717) is 0 Å². The quantitative estimate of drug-likeness (QED) is 0.869. The Hall–Kier alpha value is -1.27. The normalized spacial score (nSPS) is 16.6. The zero-order valence-corrected chi connectivity index (χ0v) is 13.1. The van der Waals surface area contributed by atoms with Crippen molar-refractivity contribution in [2.24, 2.45) is 0 Å². The van der Waals surface area contributed by atoms with Crippen LogP contribution in [0.15, 0.2) is 24.3 Å². The number of halogens is 3. The molecule has 0 amide bonds. The van der Waals surface area contributed by atoms with Gasteiger partial charge in [-0.15, -0.1) is 13.2 Å². The highest BCUT2D eigenvalue weighted by molar-refractivity contribution is 5.32. The van der Waals surface area contributed by atoms with Gasteiger partial charge in [-0.05, 0) is 52.2 Å². The van der Waals surface area contributed by atoms with E-state index in [2.05, 4.69) is 28.8 Å². The van der Waals surface area contributed by atoms with Gasteiger partial charge in [0.05, 0.1) is 6.04 Å². The number of nitrogens with zero attached hydrogens (tertiary/aromatic N) is 1. The molecule has 1 aromatic carbocycles. The Morgan fingerprint density at radius 1 is 1.29 bits per heavy atom. The van der Waals surface area contributed by atoms with Crippen LogP contribution in [0.5, 0.6) is 5.75 Å². The molecule has 0 heterocycles. The summed E-state index contributed by atoms with van der Waals surface area (Å²) in [5.74, 6) is -0.197. The number of likely N-dealkylation sites (N-methyl/N-ethyl adjacent to an activating group) is 2. The molecule has 6 heteroatoms. The van der Waals surface area contributed by atoms with Crippen molar-refractivity contribution in [3.63, 3.8) is 0 Å². The van der Waals surface area contributed by atoms with Crippen molar-refractivity contribution in [3.8, 4) is 5.75 Å². The fourth-order valence-electron chi connectivity index (χ4n) is 2.51. The van der Waals surface area contributed by atoms with Crippen molar-refractivity contribution in [2.45, 2.75) is 38.2 Å². The Morgan fingerprint density at radius 3 is 2.33 bits per heavy atom. The van der Waals surface area contributed by atoms with E-state index in [4.69, 9.17) is 0 Å². The maximum atomic E-state index is 12.3. The Labute approximate surface area is 124 Å². The van der Waals surface area contributed by atoms with Crippen LogP contribution < -0.4 is 10.1 Å². The van der Waals surface area contributed by atoms with Gasteiger partial charge in [0, 0.05) is 5.54 Å². The van der Waals surface area contributed by atoms with Gasteiger partial charge in [-0.25, -0.2) is 0 Å². The molecule has 0 aromatic heterocycles. The summed E-state index contributed by atoms with van der Waals surface area (Å²) in [6.45, 7) is 4.13. The van der Waals surface area contributed by atoms with Crippen LogP contribution in [0.3, 0.4) is 0 Å². The van der Waals surface area contributed by atoms with E-state index in [-0.39, 0.29) is 17.3 Å². The largest absolute Gasteiger partial charge is 0.573 e. The molecule has 0 saturated carbocycles. The smallest absolute Gasteiger partial charge is 0.406 e. The Kier molecular flexibility index (Phi) is 5.64. The zero-order chi connectivity index (χ0) is 16.3. The van der Waals surface area contributed by atoms with Crippen molar-refractivity contribution in [1.29, 1.82) is 0 Å². The summed E-state index contributed by atoms with van der Waals surface area (Å²) in [5, 5.41) is 3.20. The summed E-state index contributed by atoms with van der Waals surface area (Å²) in [6, 6.07) is 6.01. The maximum Gasteiger partial charge on any atom is 0.573 e. The summed E-state index contributed by atoms with van der Waals surface area (Å²) in [6.07, 6.45) is -3.83. The molecule has 1 aromatic rings. The van der Waals surface area contributed by atoms with Crippen LogP contribution in [0, 0.1) is 0 Å². The van der Waals surface area contributed by atoms with Crippen LogP contribution in [-0.4, -0.2) is 37.9 Å². The molecule has 0 aliphatic heterocycles. The van der Waals surface area contributed by atoms with Crippen molar-refractivity contribution in [1.82, 2.24) is 10.2 Å². The highest BCUT2D eigenvalue weighted by Crippen LogP contribution is 2.34. The second-order valence-corrected chi connectivity index (χ2v) is 5.45. The first-order chi connectivity index (χ1) is 9.64. The van der Waals surface area contributed by atoms with E-state index in [0.717, 1.165) is 12.0 Å². The first-order valence-electron chi connectivity index (χ1n) is 6.84. The fraction of sp³-hybridized carbons (Fsp3) is 0.600. The number of hydrogen-bond donors (Lipinski definition) is 1. The lowest BCUT2D eigenvalue weighted by Crippen LogP contribution is -2.50. The van der Waals surface area contributed by atoms with E-state index in [1.54, 1.807) is 13.1 Å². The van der Waals surface area contributed by atoms with Crippen LogP contribution in [0.2, 0.25) is 0 Å². The van der Waals surface area contributed by atoms with Crippen LogP contribution in [0.25, 0.3) is 0 Å². The van der Waals surface area contributed by atoms with Crippen LogP contribution in [-0.2, 0) is 0 Å². The zero-order valence-electron chi connectivity index (χ0n) is 13.1. The lowest BCUT2D eigenvalue weighted by atomic mass is 9.83. The van der Waals surface area contributed by atoms with Crippen molar-refractivity contribution in [3.05, 3.63) is 29.8 Å². The van der Waals surface area contributed by atoms with Gasteiger partial charge in [0.25, 0.3) is 0 Å². The standard InChI is InChI=1S/C15H23F3N2O/c1-6-14(2,20(4)5)13(19-3)11-8-7-9-12(10-11)21-15(16,17)18/h7-10,13,19H,6H2,1-5H3. The monoisotopic (exact) mass is 304 g/mol. The Morgan fingerprint density at radius 2 is 1.90 bits per heavy atom. The van der Waals surface area contributed by atoms with Crippen molar-refractivity contribution in [2.75, 3.05) is 21.1 Å². The lowest BCUT2D eigenvalue weighted by Gasteiger charge is -2.43. The molecule has 120 valence electrons. The summed E-state index contributed by atoms with van der Waals surface area (Å²) in [4.78, 5) is 2.07. The summed E-state index contributed by atoms with van der Waals surface area (Å²) >= 11 is 0. The molecule has 1 N–H and O–H groups in total. The van der Waals surface area contributed by atoms with Crippen molar-refractivity contribution >= 4 is 0 Å². The molecule has 2 unspecified atom stereocenters. The molecule has 0 bridgehead atoms. The minimum absolute atomic E-state index is 0.116. The minimum Gasteiger partial charge on any atom is -0.406 e. The third kappa shape index (κ3) is 4.35. The first-order valence-corrected chi connectivity index (χ1v) is 6.84. The molecule has 0 fully saturated rings. The van der Waals surface area contributed by atoms with Gasteiger partial charge in [-0.1, -0.05) is 19.1 Å². The molecular weight excluding hydrogens is 281 g/mol. The lowest BCUT2D eigenvalue weighted by molar-refractivity contribution is -0.274. The number of alkyl halides is 3. The molecule has 2 atom stereocenters. The number of nitrogens with one attached hydrogen (secondary N) is 1. The van der Waals surface area contributed by atoms with E-state index in [9.17, 15) is 13.2 Å². The number of rotatable bonds is 6. The molecule has 0 spiro atoms. The van der Waals surface area contributed by atoms with E-state index >= 15 is 0 Å². The molecule has 0 saturated heterocycles. The van der Waals surface area contributed by atoms with Gasteiger partial charge in [-0.2, -0.15) is 0 Å². The predicted octanol–water partition coefficient (Wildman–Crippen LogP) is 3.58.